The van der Waals surface area contributed by atoms with E-state index in [0.29, 0.717) is 31.1 Å². The Morgan fingerprint density at radius 3 is 2.29 bits per heavy atom. The summed E-state index contributed by atoms with van der Waals surface area (Å²) >= 11 is 0. The summed E-state index contributed by atoms with van der Waals surface area (Å²) in [5.74, 6) is 0.804. The molecule has 1 aromatic carbocycles. The molecule has 1 aromatic heterocycles. The van der Waals surface area contributed by atoms with Crippen LogP contribution in [-0.4, -0.2) is 49.1 Å². The summed E-state index contributed by atoms with van der Waals surface area (Å²) in [5.41, 5.74) is 3.13. The normalized spacial score (nSPS) is 16.4. The number of benzene rings is 1. The van der Waals surface area contributed by atoms with Crippen molar-refractivity contribution in [1.29, 1.82) is 0 Å². The molecule has 0 N–H and O–H groups in total. The lowest BCUT2D eigenvalue weighted by Crippen LogP contribution is -2.49. The summed E-state index contributed by atoms with van der Waals surface area (Å²) in [6.07, 6.45) is 1.71. The second-order valence-electron chi connectivity index (χ2n) is 6.23. The molecule has 0 radical (unpaired) electrons. The molecule has 0 spiro atoms. The predicted octanol–water partition coefficient (Wildman–Crippen LogP) is 1.91. The van der Waals surface area contributed by atoms with E-state index >= 15 is 0 Å². The Hall–Kier alpha value is -1.99. The molecule has 1 saturated heterocycles. The van der Waals surface area contributed by atoms with Crippen molar-refractivity contribution in [3.05, 3.63) is 47.2 Å². The molecule has 2 aromatic rings. The standard InChI is InChI=1S/C17H22N4O2S/c1-13-10-17(19-18-12-13)20-6-8-21(9-7-20)24(22,23)16-5-4-14(2)15(3)11-16/h4-5,10-12H,6-9H2,1-3H3. The Morgan fingerprint density at radius 1 is 0.958 bits per heavy atom. The maximum atomic E-state index is 12.8. The van der Waals surface area contributed by atoms with Crippen LogP contribution in [0.2, 0.25) is 0 Å². The fourth-order valence-electron chi connectivity index (χ4n) is 2.78. The van der Waals surface area contributed by atoms with Crippen LogP contribution in [0.15, 0.2) is 35.4 Å². The molecule has 6 nitrogen and oxygen atoms in total. The van der Waals surface area contributed by atoms with Crippen LogP contribution in [0.4, 0.5) is 5.82 Å². The number of aromatic nitrogens is 2. The monoisotopic (exact) mass is 346 g/mol. The SMILES string of the molecule is Cc1cnnc(N2CCN(S(=O)(=O)c3ccc(C)c(C)c3)CC2)c1. The number of anilines is 1. The van der Waals surface area contributed by atoms with Crippen molar-refractivity contribution in [2.75, 3.05) is 31.1 Å². The van der Waals surface area contributed by atoms with Gasteiger partial charge in [0.1, 0.15) is 0 Å². The molecular formula is C17H22N4O2S. The van der Waals surface area contributed by atoms with Gasteiger partial charge in [-0.2, -0.15) is 9.40 Å². The van der Waals surface area contributed by atoms with Crippen LogP contribution in [0.1, 0.15) is 16.7 Å². The third-order valence-corrected chi connectivity index (χ3v) is 6.35. The Kier molecular flexibility index (Phi) is 4.56. The van der Waals surface area contributed by atoms with Crippen molar-refractivity contribution in [3.8, 4) is 0 Å². The molecule has 0 aliphatic carbocycles. The molecule has 1 aliphatic rings. The molecule has 128 valence electrons. The molecule has 0 unspecified atom stereocenters. The largest absolute Gasteiger partial charge is 0.352 e. The first-order valence-electron chi connectivity index (χ1n) is 7.99. The lowest BCUT2D eigenvalue weighted by molar-refractivity contribution is 0.383. The molecule has 7 heteroatoms. The van der Waals surface area contributed by atoms with Gasteiger partial charge in [0.15, 0.2) is 5.82 Å². The summed E-state index contributed by atoms with van der Waals surface area (Å²) in [6, 6.07) is 7.28. The number of piperazine rings is 1. The average molecular weight is 346 g/mol. The van der Waals surface area contributed by atoms with E-state index in [1.54, 1.807) is 22.6 Å². The molecule has 0 atom stereocenters. The molecule has 3 rings (SSSR count). The number of sulfonamides is 1. The van der Waals surface area contributed by atoms with Crippen LogP contribution in [0.5, 0.6) is 0 Å². The first kappa shape index (κ1) is 16.9. The maximum Gasteiger partial charge on any atom is 0.243 e. The number of hydrogen-bond acceptors (Lipinski definition) is 5. The summed E-state index contributed by atoms with van der Waals surface area (Å²) in [4.78, 5) is 2.45. The van der Waals surface area contributed by atoms with E-state index in [9.17, 15) is 8.42 Å². The van der Waals surface area contributed by atoms with E-state index < -0.39 is 10.0 Å². The van der Waals surface area contributed by atoms with E-state index in [4.69, 9.17) is 0 Å². The summed E-state index contributed by atoms with van der Waals surface area (Å²) < 4.78 is 27.2. The second kappa shape index (κ2) is 6.49. The van der Waals surface area contributed by atoms with Gasteiger partial charge >= 0.3 is 0 Å². The minimum absolute atomic E-state index is 0.370. The first-order valence-corrected chi connectivity index (χ1v) is 9.43. The maximum absolute atomic E-state index is 12.8. The van der Waals surface area contributed by atoms with Gasteiger partial charge in [-0.25, -0.2) is 8.42 Å². The fourth-order valence-corrected chi connectivity index (χ4v) is 4.29. The van der Waals surface area contributed by atoms with E-state index in [-0.39, 0.29) is 0 Å². The van der Waals surface area contributed by atoms with Crippen molar-refractivity contribution < 1.29 is 8.42 Å². The lowest BCUT2D eigenvalue weighted by atomic mass is 10.1. The highest BCUT2D eigenvalue weighted by Crippen LogP contribution is 2.22. The summed E-state index contributed by atoms with van der Waals surface area (Å²) in [7, 11) is -3.44. The predicted molar refractivity (Wildman–Crippen MR) is 93.7 cm³/mol. The van der Waals surface area contributed by atoms with Gasteiger partial charge in [0, 0.05) is 26.2 Å². The van der Waals surface area contributed by atoms with Crippen LogP contribution >= 0.6 is 0 Å². The topological polar surface area (TPSA) is 66.4 Å². The lowest BCUT2D eigenvalue weighted by Gasteiger charge is -2.34. The number of hydrogen-bond donors (Lipinski definition) is 0. The van der Waals surface area contributed by atoms with Crippen molar-refractivity contribution in [2.24, 2.45) is 0 Å². The zero-order valence-corrected chi connectivity index (χ0v) is 15.0. The van der Waals surface area contributed by atoms with Crippen LogP contribution in [0.25, 0.3) is 0 Å². The van der Waals surface area contributed by atoms with Gasteiger partial charge in [-0.1, -0.05) is 6.07 Å². The summed E-state index contributed by atoms with van der Waals surface area (Å²) in [6.45, 7) is 8.01. The zero-order chi connectivity index (χ0) is 17.3. The highest BCUT2D eigenvalue weighted by atomic mass is 32.2. The van der Waals surface area contributed by atoms with Gasteiger partial charge in [0.05, 0.1) is 11.1 Å². The zero-order valence-electron chi connectivity index (χ0n) is 14.2. The van der Waals surface area contributed by atoms with Crippen molar-refractivity contribution >= 4 is 15.8 Å². The molecule has 0 amide bonds. The van der Waals surface area contributed by atoms with Gasteiger partial charge in [-0.3, -0.25) is 0 Å². The van der Waals surface area contributed by atoms with Gasteiger partial charge in [-0.05, 0) is 55.7 Å². The second-order valence-corrected chi connectivity index (χ2v) is 8.17. The third kappa shape index (κ3) is 3.27. The number of nitrogens with zero attached hydrogens (tertiary/aromatic N) is 4. The highest BCUT2D eigenvalue weighted by Gasteiger charge is 2.29. The average Bonchev–Trinajstić information content (AvgIpc) is 2.57. The molecule has 1 fully saturated rings. The Labute approximate surface area is 143 Å². The van der Waals surface area contributed by atoms with E-state index in [1.807, 2.05) is 32.9 Å². The molecule has 1 aliphatic heterocycles. The van der Waals surface area contributed by atoms with E-state index in [2.05, 4.69) is 15.1 Å². The van der Waals surface area contributed by atoms with Crippen molar-refractivity contribution in [1.82, 2.24) is 14.5 Å². The van der Waals surface area contributed by atoms with E-state index in [1.165, 1.54) is 0 Å². The molecular weight excluding hydrogens is 324 g/mol. The Bertz CT molecular complexity index is 843. The van der Waals surface area contributed by atoms with Crippen LogP contribution in [0.3, 0.4) is 0 Å². The minimum atomic E-state index is -3.44. The highest BCUT2D eigenvalue weighted by molar-refractivity contribution is 7.89. The molecule has 24 heavy (non-hydrogen) atoms. The smallest absolute Gasteiger partial charge is 0.243 e. The van der Waals surface area contributed by atoms with E-state index in [0.717, 1.165) is 22.5 Å². The first-order chi connectivity index (χ1) is 11.4. The van der Waals surface area contributed by atoms with Crippen molar-refractivity contribution in [3.63, 3.8) is 0 Å². The van der Waals surface area contributed by atoms with Crippen LogP contribution < -0.4 is 4.90 Å². The minimum Gasteiger partial charge on any atom is -0.352 e. The fraction of sp³-hybridized carbons (Fsp3) is 0.412. The molecule has 2 heterocycles. The van der Waals surface area contributed by atoms with Gasteiger partial charge < -0.3 is 4.90 Å². The Morgan fingerprint density at radius 2 is 1.67 bits per heavy atom. The van der Waals surface area contributed by atoms with Gasteiger partial charge in [-0.15, -0.1) is 5.10 Å². The van der Waals surface area contributed by atoms with Crippen LogP contribution in [-0.2, 0) is 10.0 Å². The van der Waals surface area contributed by atoms with Crippen molar-refractivity contribution in [2.45, 2.75) is 25.7 Å². The Balaban J connectivity index is 1.74. The van der Waals surface area contributed by atoms with Crippen LogP contribution in [0, 0.1) is 20.8 Å². The molecule has 0 bridgehead atoms. The van der Waals surface area contributed by atoms with Gasteiger partial charge in [0.25, 0.3) is 0 Å². The number of rotatable bonds is 3. The summed E-state index contributed by atoms with van der Waals surface area (Å²) in [5, 5.41) is 8.11. The number of aryl methyl sites for hydroxylation is 3. The van der Waals surface area contributed by atoms with Gasteiger partial charge in [0.2, 0.25) is 10.0 Å². The third-order valence-electron chi connectivity index (χ3n) is 4.46. The quantitative estimate of drug-likeness (QED) is 0.849. The molecule has 0 saturated carbocycles.